The Hall–Kier alpha value is -3.02. The highest BCUT2D eigenvalue weighted by Gasteiger charge is 2.34. The summed E-state index contributed by atoms with van der Waals surface area (Å²) in [6, 6.07) is 0. The maximum Gasteiger partial charge on any atom is 0.246 e. The predicted octanol–water partition coefficient (Wildman–Crippen LogP) is 2.18. The van der Waals surface area contributed by atoms with Crippen molar-refractivity contribution in [2.45, 2.75) is 66.3 Å². The maximum absolute atomic E-state index is 12.7. The van der Waals surface area contributed by atoms with Crippen LogP contribution in [-0.4, -0.2) is 88.4 Å². The second-order valence-corrected chi connectivity index (χ2v) is 11.3. The van der Waals surface area contributed by atoms with E-state index in [1.165, 1.54) is 0 Å². The fourth-order valence-electron chi connectivity index (χ4n) is 3.08. The van der Waals surface area contributed by atoms with Crippen LogP contribution < -0.4 is 21.3 Å². The van der Waals surface area contributed by atoms with Gasteiger partial charge in [-0.3, -0.25) is 19.2 Å². The number of hydrogen-bond acceptors (Lipinski definition) is 7. The second-order valence-electron chi connectivity index (χ2n) is 11.3. The van der Waals surface area contributed by atoms with Crippen molar-refractivity contribution in [2.75, 3.05) is 59.3 Å². The van der Waals surface area contributed by atoms with E-state index in [4.69, 9.17) is 14.2 Å². The molecule has 11 heteroatoms. The highest BCUT2D eigenvalue weighted by molar-refractivity contribution is 5.93. The van der Waals surface area contributed by atoms with E-state index >= 15 is 0 Å². The Balaban J connectivity index is 5.17. The lowest BCUT2D eigenvalue weighted by molar-refractivity contribution is -0.128. The highest BCUT2D eigenvalue weighted by atomic mass is 16.5. The van der Waals surface area contributed by atoms with Crippen molar-refractivity contribution in [1.82, 2.24) is 21.3 Å². The van der Waals surface area contributed by atoms with Crippen LogP contribution in [-0.2, 0) is 33.4 Å². The summed E-state index contributed by atoms with van der Waals surface area (Å²) in [5, 5.41) is 11.3. The second kappa shape index (κ2) is 20.0. The van der Waals surface area contributed by atoms with Crippen molar-refractivity contribution < 1.29 is 33.4 Å². The minimum atomic E-state index is -1.02. The van der Waals surface area contributed by atoms with E-state index in [-0.39, 0.29) is 43.4 Å². The van der Waals surface area contributed by atoms with E-state index in [1.54, 1.807) is 20.8 Å². The first-order valence-corrected chi connectivity index (χ1v) is 14.0. The normalized spacial score (nSPS) is 11.4. The monoisotopic (exact) mass is 580 g/mol. The SMILES string of the molecule is C=C(C)C(=O)NCCCOCC(COCCCNC(=O)C(=C)C)(COCCCNC(=O)C(C)(C)C)NC(=O)C(=C)C. The van der Waals surface area contributed by atoms with Gasteiger partial charge in [0.15, 0.2) is 0 Å². The van der Waals surface area contributed by atoms with Crippen LogP contribution in [0.1, 0.15) is 60.8 Å². The molecule has 11 nitrogen and oxygen atoms in total. The van der Waals surface area contributed by atoms with Crippen molar-refractivity contribution >= 4 is 23.6 Å². The average Bonchev–Trinajstić information content (AvgIpc) is 2.88. The Morgan fingerprint density at radius 2 is 0.927 bits per heavy atom. The molecular weight excluding hydrogens is 528 g/mol. The Morgan fingerprint density at radius 3 is 1.24 bits per heavy atom. The smallest absolute Gasteiger partial charge is 0.246 e. The van der Waals surface area contributed by atoms with E-state index in [1.807, 2.05) is 20.8 Å². The number of carbonyl (C=O) groups is 4. The summed E-state index contributed by atoms with van der Waals surface area (Å²) >= 11 is 0. The molecule has 4 amide bonds. The van der Waals surface area contributed by atoms with Crippen molar-refractivity contribution in [1.29, 1.82) is 0 Å². The van der Waals surface area contributed by atoms with E-state index in [9.17, 15) is 19.2 Å². The van der Waals surface area contributed by atoms with Crippen molar-refractivity contribution in [3.63, 3.8) is 0 Å². The largest absolute Gasteiger partial charge is 0.379 e. The quantitative estimate of drug-likeness (QED) is 0.114. The van der Waals surface area contributed by atoms with Gasteiger partial charge >= 0.3 is 0 Å². The lowest BCUT2D eigenvalue weighted by atomic mass is 9.96. The molecule has 234 valence electrons. The minimum Gasteiger partial charge on any atom is -0.379 e. The number of carbonyl (C=O) groups excluding carboxylic acids is 4. The van der Waals surface area contributed by atoms with Crippen LogP contribution in [0.25, 0.3) is 0 Å². The summed E-state index contributed by atoms with van der Waals surface area (Å²) in [5.41, 5.74) is -0.313. The molecule has 0 radical (unpaired) electrons. The zero-order chi connectivity index (χ0) is 31.5. The molecule has 0 aromatic carbocycles. The predicted molar refractivity (Wildman–Crippen MR) is 160 cm³/mol. The van der Waals surface area contributed by atoms with Crippen LogP contribution >= 0.6 is 0 Å². The molecule has 0 bridgehead atoms. The third-order valence-electron chi connectivity index (χ3n) is 5.61. The van der Waals surface area contributed by atoms with Crippen LogP contribution in [0.2, 0.25) is 0 Å². The molecule has 0 aromatic rings. The lowest BCUT2D eigenvalue weighted by Gasteiger charge is -2.34. The van der Waals surface area contributed by atoms with Gasteiger partial charge in [-0.05, 0) is 40.0 Å². The first-order chi connectivity index (χ1) is 19.1. The van der Waals surface area contributed by atoms with Gasteiger partial charge in [0.25, 0.3) is 0 Å². The van der Waals surface area contributed by atoms with Gasteiger partial charge in [-0.1, -0.05) is 40.5 Å². The van der Waals surface area contributed by atoms with Crippen LogP contribution in [0, 0.1) is 5.41 Å². The first kappa shape index (κ1) is 38.0. The molecule has 0 aliphatic rings. The molecule has 41 heavy (non-hydrogen) atoms. The van der Waals surface area contributed by atoms with Gasteiger partial charge in [-0.25, -0.2) is 0 Å². The zero-order valence-electron chi connectivity index (χ0n) is 26.0. The Morgan fingerprint density at radius 1 is 0.585 bits per heavy atom. The summed E-state index contributed by atoms with van der Waals surface area (Å²) in [7, 11) is 0. The molecule has 0 spiro atoms. The fraction of sp³-hybridized carbons (Fsp3) is 0.667. The zero-order valence-corrected chi connectivity index (χ0v) is 26.0. The Bertz CT molecular complexity index is 871. The molecule has 0 aromatic heterocycles. The summed E-state index contributed by atoms with van der Waals surface area (Å²) in [6.45, 7) is 23.9. The topological polar surface area (TPSA) is 144 Å². The van der Waals surface area contributed by atoms with Crippen molar-refractivity contribution in [2.24, 2.45) is 5.41 Å². The maximum atomic E-state index is 12.7. The summed E-state index contributed by atoms with van der Waals surface area (Å²) in [4.78, 5) is 48.1. The number of rotatable bonds is 22. The summed E-state index contributed by atoms with van der Waals surface area (Å²) in [5.74, 6) is -0.831. The van der Waals surface area contributed by atoms with E-state index < -0.39 is 11.0 Å². The van der Waals surface area contributed by atoms with Crippen molar-refractivity contribution in [3.8, 4) is 0 Å². The summed E-state index contributed by atoms with van der Waals surface area (Å²) < 4.78 is 17.7. The number of hydrogen-bond donors (Lipinski definition) is 4. The van der Waals surface area contributed by atoms with Gasteiger partial charge in [0.1, 0.15) is 5.54 Å². The molecule has 0 aliphatic carbocycles. The van der Waals surface area contributed by atoms with Gasteiger partial charge in [-0.15, -0.1) is 0 Å². The summed E-state index contributed by atoms with van der Waals surface area (Å²) in [6.07, 6.45) is 1.70. The third-order valence-corrected chi connectivity index (χ3v) is 5.61. The molecule has 0 fully saturated rings. The molecule has 0 saturated carbocycles. The van der Waals surface area contributed by atoms with Gasteiger partial charge in [0.2, 0.25) is 23.6 Å². The standard InChI is InChI=1S/C30H52N4O7/c1-22(2)25(35)31-13-10-16-39-19-30(34-27(37)24(5)6,20-40-17-11-14-32-26(36)23(3)4)21-41-18-12-15-33-28(38)29(7,8)9/h1,3,5,10-21H2,2,4,6-9H3,(H,31,35)(H,32,36)(H,33,38)(H,34,37). The number of amides is 4. The molecule has 0 heterocycles. The van der Waals surface area contributed by atoms with Gasteiger partial charge in [0, 0.05) is 61.6 Å². The molecule has 0 unspecified atom stereocenters. The Labute approximate surface area is 245 Å². The number of nitrogens with one attached hydrogen (secondary N) is 4. The first-order valence-electron chi connectivity index (χ1n) is 14.0. The molecule has 0 aliphatic heterocycles. The molecule has 0 atom stereocenters. The van der Waals surface area contributed by atoms with Crippen molar-refractivity contribution in [3.05, 3.63) is 36.5 Å². The van der Waals surface area contributed by atoms with E-state index in [0.29, 0.717) is 75.4 Å². The average molecular weight is 581 g/mol. The lowest BCUT2D eigenvalue weighted by Crippen LogP contribution is -2.59. The minimum absolute atomic E-state index is 0.0405. The van der Waals surface area contributed by atoms with Crippen LogP contribution in [0.15, 0.2) is 36.5 Å². The number of ether oxygens (including phenoxy) is 3. The molecular formula is C30H52N4O7. The van der Waals surface area contributed by atoms with E-state index in [2.05, 4.69) is 41.0 Å². The van der Waals surface area contributed by atoms with E-state index in [0.717, 1.165) is 0 Å². The molecule has 4 N–H and O–H groups in total. The van der Waals surface area contributed by atoms with Gasteiger partial charge in [-0.2, -0.15) is 0 Å². The van der Waals surface area contributed by atoms with Gasteiger partial charge < -0.3 is 35.5 Å². The van der Waals surface area contributed by atoms with Gasteiger partial charge in [0.05, 0.1) is 19.8 Å². The third kappa shape index (κ3) is 18.1. The Kier molecular flexibility index (Phi) is 18.5. The van der Waals surface area contributed by atoms with Crippen LogP contribution in [0.4, 0.5) is 0 Å². The molecule has 0 saturated heterocycles. The van der Waals surface area contributed by atoms with Crippen LogP contribution in [0.3, 0.4) is 0 Å². The van der Waals surface area contributed by atoms with Crippen LogP contribution in [0.5, 0.6) is 0 Å². The molecule has 0 rings (SSSR count). The highest BCUT2D eigenvalue weighted by Crippen LogP contribution is 2.13. The fourth-order valence-corrected chi connectivity index (χ4v) is 3.08.